The lowest BCUT2D eigenvalue weighted by Gasteiger charge is -2.17. The van der Waals surface area contributed by atoms with Crippen LogP contribution < -0.4 is 5.32 Å². The van der Waals surface area contributed by atoms with Gasteiger partial charge < -0.3 is 5.32 Å². The van der Waals surface area contributed by atoms with E-state index in [1.807, 2.05) is 12.1 Å². The third kappa shape index (κ3) is 5.05. The number of fused-ring (bicyclic) bond motifs is 1. The van der Waals surface area contributed by atoms with Crippen LogP contribution in [0.25, 0.3) is 10.8 Å². The van der Waals surface area contributed by atoms with Gasteiger partial charge in [-0.15, -0.1) is 24.8 Å². The van der Waals surface area contributed by atoms with Gasteiger partial charge in [0.1, 0.15) is 0 Å². The number of hydrogen-bond donors (Lipinski definition) is 1. The van der Waals surface area contributed by atoms with Crippen molar-refractivity contribution < 1.29 is 8.42 Å². The van der Waals surface area contributed by atoms with Gasteiger partial charge in [-0.1, -0.05) is 19.4 Å². The third-order valence-electron chi connectivity index (χ3n) is 4.36. The Morgan fingerprint density at radius 1 is 1.24 bits per heavy atom. The molecule has 3 rings (SSSR count). The molecule has 0 bridgehead atoms. The standard InChI is InChI=1S/C17H23N3O2S.2ClH/c1-2-3-8-19-16-7-10-20(13-16)23(21,22)17-5-4-15-12-18-9-6-14(15)11-17;;/h4-6,9,11-12,16,19H,2-3,7-8,10,13H2,1H3;2*1H. The largest absolute Gasteiger partial charge is 0.313 e. The van der Waals surface area contributed by atoms with Crippen molar-refractivity contribution in [2.45, 2.75) is 37.1 Å². The predicted octanol–water partition coefficient (Wildman–Crippen LogP) is 3.23. The summed E-state index contributed by atoms with van der Waals surface area (Å²) in [5.41, 5.74) is 0. The summed E-state index contributed by atoms with van der Waals surface area (Å²) in [4.78, 5) is 4.43. The molecule has 1 aromatic heterocycles. The van der Waals surface area contributed by atoms with Gasteiger partial charge in [-0.2, -0.15) is 4.31 Å². The molecule has 2 aromatic rings. The van der Waals surface area contributed by atoms with Crippen LogP contribution in [-0.4, -0.2) is 43.4 Å². The van der Waals surface area contributed by atoms with Crippen molar-refractivity contribution in [1.82, 2.24) is 14.6 Å². The minimum absolute atomic E-state index is 0. The zero-order valence-corrected chi connectivity index (χ0v) is 16.7. The van der Waals surface area contributed by atoms with Gasteiger partial charge in [0, 0.05) is 36.9 Å². The summed E-state index contributed by atoms with van der Waals surface area (Å²) in [6.45, 7) is 4.25. The first-order chi connectivity index (χ1) is 11.1. The maximum atomic E-state index is 12.8. The summed E-state index contributed by atoms with van der Waals surface area (Å²) in [6.07, 6.45) is 6.58. The van der Waals surface area contributed by atoms with Gasteiger partial charge in [0.05, 0.1) is 4.90 Å². The second-order valence-electron chi connectivity index (χ2n) is 6.04. The Bertz CT molecular complexity index is 786. The van der Waals surface area contributed by atoms with Crippen LogP contribution in [0.1, 0.15) is 26.2 Å². The number of benzene rings is 1. The quantitative estimate of drug-likeness (QED) is 0.749. The lowest BCUT2D eigenvalue weighted by atomic mass is 10.2. The molecular weight excluding hydrogens is 381 g/mol. The van der Waals surface area contributed by atoms with Crippen LogP contribution in [0.2, 0.25) is 0 Å². The molecule has 1 aliphatic heterocycles. The first-order valence-corrected chi connectivity index (χ1v) is 9.62. The van der Waals surface area contributed by atoms with E-state index in [-0.39, 0.29) is 30.9 Å². The number of hydrogen-bond acceptors (Lipinski definition) is 4. The van der Waals surface area contributed by atoms with Crippen molar-refractivity contribution in [3.05, 3.63) is 36.7 Å². The molecule has 25 heavy (non-hydrogen) atoms. The SMILES string of the molecule is CCCCNC1CCN(S(=O)(=O)c2ccc3cnccc3c2)C1.Cl.Cl. The van der Waals surface area contributed by atoms with Crippen LogP contribution in [0.3, 0.4) is 0 Å². The molecule has 0 aliphatic carbocycles. The summed E-state index contributed by atoms with van der Waals surface area (Å²) >= 11 is 0. The Kier molecular flexibility index (Phi) is 8.57. The van der Waals surface area contributed by atoms with Crippen molar-refractivity contribution in [2.24, 2.45) is 0 Å². The molecule has 2 heterocycles. The second kappa shape index (κ2) is 9.69. The van der Waals surface area contributed by atoms with E-state index in [1.54, 1.807) is 28.8 Å². The Labute approximate surface area is 162 Å². The van der Waals surface area contributed by atoms with Crippen molar-refractivity contribution in [3.8, 4) is 0 Å². The fourth-order valence-electron chi connectivity index (χ4n) is 2.97. The van der Waals surface area contributed by atoms with E-state index < -0.39 is 10.0 Å². The van der Waals surface area contributed by atoms with E-state index in [1.165, 1.54) is 0 Å². The third-order valence-corrected chi connectivity index (χ3v) is 6.23. The molecule has 140 valence electrons. The molecular formula is C17H25Cl2N3O2S. The number of pyridine rings is 1. The van der Waals surface area contributed by atoms with Gasteiger partial charge >= 0.3 is 0 Å². The molecule has 1 saturated heterocycles. The van der Waals surface area contributed by atoms with E-state index in [0.717, 1.165) is 36.6 Å². The van der Waals surface area contributed by atoms with Gasteiger partial charge in [0.25, 0.3) is 0 Å². The number of rotatable bonds is 6. The van der Waals surface area contributed by atoms with Crippen LogP contribution in [0.4, 0.5) is 0 Å². The topological polar surface area (TPSA) is 62.3 Å². The molecule has 1 aliphatic rings. The van der Waals surface area contributed by atoms with E-state index in [0.29, 0.717) is 18.0 Å². The number of sulfonamides is 1. The minimum atomic E-state index is -3.42. The number of nitrogens with zero attached hydrogens (tertiary/aromatic N) is 2. The minimum Gasteiger partial charge on any atom is -0.313 e. The van der Waals surface area contributed by atoms with Crippen molar-refractivity contribution >= 4 is 45.6 Å². The zero-order valence-electron chi connectivity index (χ0n) is 14.2. The highest BCUT2D eigenvalue weighted by atomic mass is 35.5. The molecule has 0 spiro atoms. The summed E-state index contributed by atoms with van der Waals surface area (Å²) in [7, 11) is -3.42. The number of unbranched alkanes of at least 4 members (excludes halogenated alkanes) is 1. The van der Waals surface area contributed by atoms with E-state index >= 15 is 0 Å². The van der Waals surface area contributed by atoms with Gasteiger partial charge in [0.15, 0.2) is 0 Å². The lowest BCUT2D eigenvalue weighted by Crippen LogP contribution is -2.35. The van der Waals surface area contributed by atoms with Crippen molar-refractivity contribution in [3.63, 3.8) is 0 Å². The van der Waals surface area contributed by atoms with Gasteiger partial charge in [0.2, 0.25) is 10.0 Å². The van der Waals surface area contributed by atoms with Crippen molar-refractivity contribution in [2.75, 3.05) is 19.6 Å². The lowest BCUT2D eigenvalue weighted by molar-refractivity contribution is 0.455. The summed E-state index contributed by atoms with van der Waals surface area (Å²) in [5.74, 6) is 0. The van der Waals surface area contributed by atoms with Gasteiger partial charge in [-0.3, -0.25) is 4.98 Å². The first-order valence-electron chi connectivity index (χ1n) is 8.18. The highest BCUT2D eigenvalue weighted by molar-refractivity contribution is 7.89. The number of halogens is 2. The first kappa shape index (κ1) is 22.1. The summed E-state index contributed by atoms with van der Waals surface area (Å²) in [5, 5.41) is 5.30. The molecule has 8 heteroatoms. The Morgan fingerprint density at radius 3 is 2.80 bits per heavy atom. The van der Waals surface area contributed by atoms with Crippen LogP contribution in [0.5, 0.6) is 0 Å². The molecule has 5 nitrogen and oxygen atoms in total. The van der Waals surface area contributed by atoms with Gasteiger partial charge in [-0.25, -0.2) is 8.42 Å². The number of aromatic nitrogens is 1. The highest BCUT2D eigenvalue weighted by Crippen LogP contribution is 2.24. The van der Waals surface area contributed by atoms with E-state index in [2.05, 4.69) is 17.2 Å². The summed E-state index contributed by atoms with van der Waals surface area (Å²) < 4.78 is 27.3. The number of nitrogens with one attached hydrogen (secondary N) is 1. The van der Waals surface area contributed by atoms with Crippen LogP contribution >= 0.6 is 24.8 Å². The fraction of sp³-hybridized carbons (Fsp3) is 0.471. The van der Waals surface area contributed by atoms with Crippen molar-refractivity contribution in [1.29, 1.82) is 0 Å². The molecule has 1 fully saturated rings. The molecule has 1 aromatic carbocycles. The van der Waals surface area contributed by atoms with E-state index in [4.69, 9.17) is 0 Å². The van der Waals surface area contributed by atoms with Crippen LogP contribution in [0.15, 0.2) is 41.6 Å². The monoisotopic (exact) mass is 405 g/mol. The molecule has 1 N–H and O–H groups in total. The van der Waals surface area contributed by atoms with Crippen LogP contribution in [-0.2, 0) is 10.0 Å². The smallest absolute Gasteiger partial charge is 0.243 e. The maximum absolute atomic E-state index is 12.8. The zero-order chi connectivity index (χ0) is 16.3. The molecule has 0 radical (unpaired) electrons. The predicted molar refractivity (Wildman–Crippen MR) is 106 cm³/mol. The average molecular weight is 406 g/mol. The highest BCUT2D eigenvalue weighted by Gasteiger charge is 2.32. The molecule has 0 amide bonds. The van der Waals surface area contributed by atoms with Gasteiger partial charge in [-0.05, 0) is 43.0 Å². The fourth-order valence-corrected chi connectivity index (χ4v) is 4.50. The molecule has 0 saturated carbocycles. The summed E-state index contributed by atoms with van der Waals surface area (Å²) in [6, 6.07) is 7.35. The molecule has 1 atom stereocenters. The Balaban J connectivity index is 0.00000156. The molecule has 1 unspecified atom stereocenters. The maximum Gasteiger partial charge on any atom is 0.243 e. The average Bonchev–Trinajstić information content (AvgIpc) is 3.04. The normalized spacial score (nSPS) is 17.9. The van der Waals surface area contributed by atoms with Crippen LogP contribution in [0, 0.1) is 0 Å². The Morgan fingerprint density at radius 2 is 2.04 bits per heavy atom. The Hall–Kier alpha value is -0.920. The van der Waals surface area contributed by atoms with E-state index in [9.17, 15) is 8.42 Å². The second-order valence-corrected chi connectivity index (χ2v) is 7.98.